The van der Waals surface area contributed by atoms with Gasteiger partial charge in [-0.25, -0.2) is 0 Å². The zero-order chi connectivity index (χ0) is 13.1. The standard InChI is InChI=1S/C16H15BrNO/c17-14-5-3-4-13(12-14)15-6-1-2-7-16(15)18-8-10-19-11-9-18/h1-3,5-7,12H,8-11H2. The third-order valence-electron chi connectivity index (χ3n) is 3.31. The van der Waals surface area contributed by atoms with Crippen LogP contribution in [0.2, 0.25) is 0 Å². The van der Waals surface area contributed by atoms with Crippen molar-refractivity contribution in [3.63, 3.8) is 0 Å². The number of halogens is 1. The molecule has 1 fully saturated rings. The number of hydrogen-bond acceptors (Lipinski definition) is 2. The van der Waals surface area contributed by atoms with E-state index in [-0.39, 0.29) is 0 Å². The molecule has 0 atom stereocenters. The van der Waals surface area contributed by atoms with Crippen molar-refractivity contribution >= 4 is 21.6 Å². The van der Waals surface area contributed by atoms with Crippen LogP contribution in [0, 0.1) is 6.07 Å². The topological polar surface area (TPSA) is 12.5 Å². The zero-order valence-corrected chi connectivity index (χ0v) is 12.2. The number of nitrogens with zero attached hydrogens (tertiary/aromatic N) is 1. The molecule has 1 aliphatic rings. The Morgan fingerprint density at radius 3 is 2.68 bits per heavy atom. The minimum Gasteiger partial charge on any atom is -0.378 e. The molecule has 3 heteroatoms. The maximum atomic E-state index is 5.43. The maximum absolute atomic E-state index is 5.43. The first-order chi connectivity index (χ1) is 9.34. The second-order valence-electron chi connectivity index (χ2n) is 4.54. The van der Waals surface area contributed by atoms with E-state index in [2.05, 4.69) is 57.2 Å². The number of benzene rings is 2. The average Bonchev–Trinajstić information content (AvgIpc) is 2.48. The number of ether oxygens (including phenoxy) is 1. The van der Waals surface area contributed by atoms with Crippen molar-refractivity contribution in [2.24, 2.45) is 0 Å². The summed E-state index contributed by atoms with van der Waals surface area (Å²) in [6.45, 7) is 3.50. The minimum absolute atomic E-state index is 0.802. The molecule has 1 radical (unpaired) electrons. The Balaban J connectivity index is 2.01. The molecule has 2 aromatic rings. The van der Waals surface area contributed by atoms with E-state index < -0.39 is 0 Å². The first kappa shape index (κ1) is 12.7. The summed E-state index contributed by atoms with van der Waals surface area (Å²) in [5, 5.41) is 0. The predicted octanol–water partition coefficient (Wildman–Crippen LogP) is 3.75. The highest BCUT2D eigenvalue weighted by atomic mass is 79.9. The van der Waals surface area contributed by atoms with Gasteiger partial charge in [0.05, 0.1) is 13.2 Å². The summed E-state index contributed by atoms with van der Waals surface area (Å²) in [6, 6.07) is 17.9. The molecule has 1 saturated heterocycles. The lowest BCUT2D eigenvalue weighted by Crippen LogP contribution is -2.36. The molecule has 3 rings (SSSR count). The van der Waals surface area contributed by atoms with Crippen LogP contribution in [0.3, 0.4) is 0 Å². The van der Waals surface area contributed by atoms with Crippen molar-refractivity contribution in [3.05, 3.63) is 53.0 Å². The van der Waals surface area contributed by atoms with E-state index in [4.69, 9.17) is 4.74 Å². The summed E-state index contributed by atoms with van der Waals surface area (Å²) in [5.74, 6) is 0. The Morgan fingerprint density at radius 2 is 1.89 bits per heavy atom. The first-order valence-electron chi connectivity index (χ1n) is 6.44. The summed E-state index contributed by atoms with van der Waals surface area (Å²) >= 11 is 3.53. The van der Waals surface area contributed by atoms with Gasteiger partial charge in [-0.3, -0.25) is 0 Å². The summed E-state index contributed by atoms with van der Waals surface area (Å²) in [6.07, 6.45) is 0. The van der Waals surface area contributed by atoms with Crippen LogP contribution in [0.25, 0.3) is 11.1 Å². The summed E-state index contributed by atoms with van der Waals surface area (Å²) in [4.78, 5) is 2.38. The van der Waals surface area contributed by atoms with E-state index in [0.717, 1.165) is 36.3 Å². The number of hydrogen-bond donors (Lipinski definition) is 0. The molecule has 0 saturated carbocycles. The Bertz CT molecular complexity index is 564. The van der Waals surface area contributed by atoms with Crippen LogP contribution in [0.5, 0.6) is 0 Å². The van der Waals surface area contributed by atoms with Gasteiger partial charge in [0.1, 0.15) is 0 Å². The molecular weight excluding hydrogens is 302 g/mol. The molecule has 0 bridgehead atoms. The highest BCUT2D eigenvalue weighted by Gasteiger charge is 2.15. The van der Waals surface area contributed by atoms with Gasteiger partial charge in [-0.2, -0.15) is 0 Å². The van der Waals surface area contributed by atoms with E-state index >= 15 is 0 Å². The van der Waals surface area contributed by atoms with Gasteiger partial charge in [0.2, 0.25) is 0 Å². The normalized spacial score (nSPS) is 15.5. The monoisotopic (exact) mass is 316 g/mol. The van der Waals surface area contributed by atoms with Crippen molar-refractivity contribution in [3.8, 4) is 11.1 Å². The molecule has 0 aromatic heterocycles. The van der Waals surface area contributed by atoms with E-state index in [9.17, 15) is 0 Å². The van der Waals surface area contributed by atoms with Gasteiger partial charge in [-0.1, -0.05) is 40.2 Å². The zero-order valence-electron chi connectivity index (χ0n) is 10.6. The Kier molecular flexibility index (Phi) is 3.85. The Hall–Kier alpha value is -1.32. The largest absolute Gasteiger partial charge is 0.378 e. The van der Waals surface area contributed by atoms with Crippen LogP contribution in [-0.4, -0.2) is 26.3 Å². The maximum Gasteiger partial charge on any atom is 0.0642 e. The second kappa shape index (κ2) is 5.76. The molecule has 97 valence electrons. The van der Waals surface area contributed by atoms with Gasteiger partial charge in [0, 0.05) is 28.8 Å². The first-order valence-corrected chi connectivity index (χ1v) is 7.23. The fourth-order valence-corrected chi connectivity index (χ4v) is 2.74. The van der Waals surface area contributed by atoms with Gasteiger partial charge < -0.3 is 9.64 Å². The molecule has 0 aliphatic carbocycles. The van der Waals surface area contributed by atoms with Crippen LogP contribution in [0.4, 0.5) is 5.69 Å². The molecule has 2 nitrogen and oxygen atoms in total. The van der Waals surface area contributed by atoms with Gasteiger partial charge in [-0.05, 0) is 29.8 Å². The summed E-state index contributed by atoms with van der Waals surface area (Å²) in [5.41, 5.74) is 3.61. The van der Waals surface area contributed by atoms with Crippen molar-refractivity contribution < 1.29 is 4.74 Å². The van der Waals surface area contributed by atoms with Crippen LogP contribution >= 0.6 is 15.9 Å². The highest BCUT2D eigenvalue weighted by Crippen LogP contribution is 2.32. The molecule has 1 heterocycles. The third-order valence-corrected chi connectivity index (χ3v) is 3.80. The number of rotatable bonds is 2. The summed E-state index contributed by atoms with van der Waals surface area (Å²) in [7, 11) is 0. The number of anilines is 1. The minimum atomic E-state index is 0.802. The SMILES string of the molecule is Brc1cc[c]c(-c2ccccc2N2CCOCC2)c1. The molecule has 0 unspecified atom stereocenters. The summed E-state index contributed by atoms with van der Waals surface area (Å²) < 4.78 is 6.51. The second-order valence-corrected chi connectivity index (χ2v) is 5.45. The molecule has 0 amide bonds. The fourth-order valence-electron chi connectivity index (χ4n) is 2.38. The van der Waals surface area contributed by atoms with E-state index in [1.807, 2.05) is 12.1 Å². The quantitative estimate of drug-likeness (QED) is 0.836. The van der Waals surface area contributed by atoms with Gasteiger partial charge in [0.25, 0.3) is 0 Å². The van der Waals surface area contributed by atoms with Gasteiger partial charge >= 0.3 is 0 Å². The molecule has 0 N–H and O–H groups in total. The highest BCUT2D eigenvalue weighted by molar-refractivity contribution is 9.10. The third kappa shape index (κ3) is 2.82. The predicted molar refractivity (Wildman–Crippen MR) is 81.4 cm³/mol. The van der Waals surface area contributed by atoms with Crippen molar-refractivity contribution in [2.75, 3.05) is 31.2 Å². The van der Waals surface area contributed by atoms with Crippen LogP contribution < -0.4 is 4.90 Å². The smallest absolute Gasteiger partial charge is 0.0642 e. The Morgan fingerprint density at radius 1 is 1.11 bits per heavy atom. The van der Waals surface area contributed by atoms with Crippen molar-refractivity contribution in [2.45, 2.75) is 0 Å². The lowest BCUT2D eigenvalue weighted by molar-refractivity contribution is 0.123. The van der Waals surface area contributed by atoms with Crippen molar-refractivity contribution in [1.82, 2.24) is 0 Å². The fraction of sp³-hybridized carbons (Fsp3) is 0.250. The molecular formula is C16H15BrNO. The van der Waals surface area contributed by atoms with E-state index in [1.54, 1.807) is 0 Å². The van der Waals surface area contributed by atoms with E-state index in [0.29, 0.717) is 0 Å². The lowest BCUT2D eigenvalue weighted by Gasteiger charge is -2.30. The average molecular weight is 317 g/mol. The van der Waals surface area contributed by atoms with Gasteiger partial charge in [-0.15, -0.1) is 0 Å². The van der Waals surface area contributed by atoms with Crippen LogP contribution in [0.15, 0.2) is 46.9 Å². The Labute approximate surface area is 122 Å². The van der Waals surface area contributed by atoms with Crippen molar-refractivity contribution in [1.29, 1.82) is 0 Å². The van der Waals surface area contributed by atoms with E-state index in [1.165, 1.54) is 11.3 Å². The molecule has 2 aromatic carbocycles. The lowest BCUT2D eigenvalue weighted by atomic mass is 10.0. The number of morpholine rings is 1. The van der Waals surface area contributed by atoms with Crippen LogP contribution in [-0.2, 0) is 4.74 Å². The van der Waals surface area contributed by atoms with Gasteiger partial charge in [0.15, 0.2) is 0 Å². The molecule has 19 heavy (non-hydrogen) atoms. The molecule has 1 aliphatic heterocycles. The molecule has 0 spiro atoms. The number of para-hydroxylation sites is 1. The van der Waals surface area contributed by atoms with Crippen LogP contribution in [0.1, 0.15) is 0 Å².